The van der Waals surface area contributed by atoms with Gasteiger partial charge in [0.2, 0.25) is 0 Å². The Morgan fingerprint density at radius 3 is 2.39 bits per heavy atom. The number of rotatable bonds is 6. The minimum absolute atomic E-state index is 0.233. The number of esters is 1. The third kappa shape index (κ3) is 4.92. The molecule has 0 heterocycles. The molecule has 0 N–H and O–H groups in total. The third-order valence-corrected chi connectivity index (χ3v) is 6.03. The van der Waals surface area contributed by atoms with E-state index >= 15 is 0 Å². The Balaban J connectivity index is 1.75. The molecule has 31 heavy (non-hydrogen) atoms. The lowest BCUT2D eigenvalue weighted by molar-refractivity contribution is -0.147. The maximum absolute atomic E-state index is 13.8. The Hall–Kier alpha value is -2.41. The molecule has 2 nitrogen and oxygen atoms in total. The summed E-state index contributed by atoms with van der Waals surface area (Å²) in [7, 11) is 0. The molecule has 2 aromatic rings. The monoisotopic (exact) mass is 458 g/mol. The van der Waals surface area contributed by atoms with Gasteiger partial charge in [-0.05, 0) is 45.7 Å². The van der Waals surface area contributed by atoms with Gasteiger partial charge in [-0.3, -0.25) is 4.79 Å². The van der Waals surface area contributed by atoms with Gasteiger partial charge in [0, 0.05) is 0 Å². The van der Waals surface area contributed by atoms with Gasteiger partial charge in [0.05, 0.1) is 5.92 Å². The second kappa shape index (κ2) is 8.61. The van der Waals surface area contributed by atoms with Crippen LogP contribution in [0, 0.1) is 23.1 Å². The van der Waals surface area contributed by atoms with E-state index in [-0.39, 0.29) is 6.61 Å². The Bertz CT molecular complexity index is 996. The van der Waals surface area contributed by atoms with Crippen LogP contribution in [0.5, 0.6) is 0 Å². The molecule has 0 radical (unpaired) electrons. The lowest BCUT2D eigenvalue weighted by atomic mass is 9.96. The van der Waals surface area contributed by atoms with Crippen LogP contribution < -0.4 is 0 Å². The first kappa shape index (κ1) is 23.3. The Labute approximate surface area is 181 Å². The average Bonchev–Trinajstić information content (AvgIpc) is 3.25. The molecule has 1 fully saturated rings. The van der Waals surface area contributed by atoms with Gasteiger partial charge in [-0.1, -0.05) is 61.9 Å². The van der Waals surface area contributed by atoms with Crippen LogP contribution in [0.1, 0.15) is 25.0 Å². The first-order valence-corrected chi connectivity index (χ1v) is 9.88. The van der Waals surface area contributed by atoms with E-state index in [0.29, 0.717) is 22.3 Å². The van der Waals surface area contributed by atoms with E-state index < -0.39 is 46.9 Å². The van der Waals surface area contributed by atoms with E-state index in [0.717, 1.165) is 6.08 Å². The minimum Gasteiger partial charge on any atom is -0.461 e. The number of alkyl halides is 4. The molecule has 0 aromatic heterocycles. The normalized spacial score (nSPS) is 20.5. The number of benzene rings is 2. The van der Waals surface area contributed by atoms with Crippen LogP contribution in [-0.4, -0.2) is 12.1 Å². The molecule has 166 valence electrons. The zero-order valence-electron chi connectivity index (χ0n) is 16.8. The number of halogens is 6. The van der Waals surface area contributed by atoms with Gasteiger partial charge in [-0.25, -0.2) is 8.78 Å². The van der Waals surface area contributed by atoms with Crippen molar-refractivity contribution in [1.29, 1.82) is 0 Å². The summed E-state index contributed by atoms with van der Waals surface area (Å²) in [5, 5.41) is -1.27. The maximum atomic E-state index is 13.8. The average molecular weight is 459 g/mol. The van der Waals surface area contributed by atoms with Gasteiger partial charge in [-0.2, -0.15) is 13.2 Å². The molecule has 0 amide bonds. The minimum atomic E-state index is -4.68. The summed E-state index contributed by atoms with van der Waals surface area (Å²) in [4.78, 5) is 12.5. The van der Waals surface area contributed by atoms with Crippen LogP contribution in [0.4, 0.5) is 22.0 Å². The lowest BCUT2D eigenvalue weighted by Crippen LogP contribution is -2.12. The molecule has 2 unspecified atom stereocenters. The molecule has 1 saturated carbocycles. The first-order chi connectivity index (χ1) is 14.5. The Morgan fingerprint density at radius 2 is 1.81 bits per heavy atom. The summed E-state index contributed by atoms with van der Waals surface area (Å²) >= 11 is 5.31. The summed E-state index contributed by atoms with van der Waals surface area (Å²) in [6.45, 7) is 2.25. The van der Waals surface area contributed by atoms with Crippen molar-refractivity contribution in [2.24, 2.45) is 17.3 Å². The van der Waals surface area contributed by atoms with Gasteiger partial charge < -0.3 is 4.74 Å². The highest BCUT2D eigenvalue weighted by Crippen LogP contribution is 2.60. The molecule has 1 aliphatic rings. The van der Waals surface area contributed by atoms with Gasteiger partial charge in [0.15, 0.2) is 0 Å². The second-order valence-electron chi connectivity index (χ2n) is 8.03. The van der Waals surface area contributed by atoms with Crippen molar-refractivity contribution >= 4 is 17.6 Å². The zero-order chi connectivity index (χ0) is 23.0. The molecule has 3 rings (SSSR count). The van der Waals surface area contributed by atoms with Crippen molar-refractivity contribution in [3.05, 3.63) is 70.5 Å². The highest BCUT2D eigenvalue weighted by molar-refractivity contribution is 6.30. The fourth-order valence-electron chi connectivity index (χ4n) is 3.76. The van der Waals surface area contributed by atoms with Crippen molar-refractivity contribution in [3.8, 4) is 11.1 Å². The van der Waals surface area contributed by atoms with E-state index in [9.17, 15) is 26.7 Å². The summed E-state index contributed by atoms with van der Waals surface area (Å²) < 4.78 is 70.4. The summed E-state index contributed by atoms with van der Waals surface area (Å²) in [6, 6.07) is 10.5. The molecule has 2 atom stereocenters. The highest BCUT2D eigenvalue weighted by Gasteiger charge is 2.62. The summed E-state index contributed by atoms with van der Waals surface area (Å²) in [6.07, 6.45) is -3.83. The van der Waals surface area contributed by atoms with Gasteiger partial charge in [0.1, 0.15) is 24.1 Å². The van der Waals surface area contributed by atoms with Crippen LogP contribution >= 0.6 is 11.6 Å². The van der Waals surface area contributed by atoms with Crippen LogP contribution in [-0.2, 0) is 22.8 Å². The molecular weight excluding hydrogens is 439 g/mol. The number of hydrogen-bond donors (Lipinski definition) is 0. The van der Waals surface area contributed by atoms with Crippen molar-refractivity contribution in [1.82, 2.24) is 0 Å². The summed E-state index contributed by atoms with van der Waals surface area (Å²) in [5.41, 5.74) is 1.14. The second-order valence-corrected chi connectivity index (χ2v) is 8.44. The van der Waals surface area contributed by atoms with E-state index in [2.05, 4.69) is 0 Å². The third-order valence-electron chi connectivity index (χ3n) is 5.69. The maximum Gasteiger partial charge on any atom is 0.426 e. The largest absolute Gasteiger partial charge is 0.461 e. The molecule has 0 bridgehead atoms. The molecule has 0 spiro atoms. The lowest BCUT2D eigenvalue weighted by Gasteiger charge is -2.13. The van der Waals surface area contributed by atoms with Gasteiger partial charge in [0.25, 0.3) is 0 Å². The van der Waals surface area contributed by atoms with Gasteiger partial charge in [-0.15, -0.1) is 0 Å². The standard InChI is InChI=1S/C23H20ClF5O2/c1-22(2)18(10-19(24)23(27,28)29)20(22)21(30)31-12-14-4-3-5-16(17(14)11-25)13-6-8-15(26)9-7-13/h3-10,18,20H,11-12H2,1-2H3. The smallest absolute Gasteiger partial charge is 0.426 e. The predicted octanol–water partition coefficient (Wildman–Crippen LogP) is 6.96. The Kier molecular flexibility index (Phi) is 6.46. The molecular formula is C23H20ClF5O2. The number of carbonyl (C=O) groups excluding carboxylic acids is 1. The van der Waals surface area contributed by atoms with Crippen LogP contribution in [0.25, 0.3) is 11.1 Å². The predicted molar refractivity (Wildman–Crippen MR) is 107 cm³/mol. The molecule has 8 heteroatoms. The van der Waals surface area contributed by atoms with Crippen molar-refractivity contribution in [2.75, 3.05) is 0 Å². The van der Waals surface area contributed by atoms with Crippen LogP contribution in [0.3, 0.4) is 0 Å². The number of allylic oxidation sites excluding steroid dienone is 2. The van der Waals surface area contributed by atoms with E-state index in [4.69, 9.17) is 16.3 Å². The highest BCUT2D eigenvalue weighted by atomic mass is 35.5. The topological polar surface area (TPSA) is 26.3 Å². The van der Waals surface area contributed by atoms with E-state index in [1.807, 2.05) is 0 Å². The Morgan fingerprint density at radius 1 is 1.16 bits per heavy atom. The van der Waals surface area contributed by atoms with E-state index in [1.54, 1.807) is 32.0 Å². The SMILES string of the molecule is CC1(C)C(C=C(Cl)C(F)(F)F)C1C(=O)OCc1cccc(-c2ccc(F)cc2)c1CF. The number of ether oxygens (including phenoxy) is 1. The molecule has 0 saturated heterocycles. The quantitative estimate of drug-likeness (QED) is 0.345. The van der Waals surface area contributed by atoms with Crippen LogP contribution in [0.2, 0.25) is 0 Å². The fraction of sp³-hybridized carbons (Fsp3) is 0.348. The van der Waals surface area contributed by atoms with Crippen molar-refractivity contribution in [3.63, 3.8) is 0 Å². The number of carbonyl (C=O) groups is 1. The molecule has 0 aliphatic heterocycles. The van der Waals surface area contributed by atoms with E-state index in [1.165, 1.54) is 24.3 Å². The van der Waals surface area contributed by atoms with Crippen LogP contribution in [0.15, 0.2) is 53.6 Å². The fourth-order valence-corrected chi connectivity index (χ4v) is 3.89. The molecule has 2 aromatic carbocycles. The zero-order valence-corrected chi connectivity index (χ0v) is 17.5. The molecule has 1 aliphatic carbocycles. The summed E-state index contributed by atoms with van der Waals surface area (Å²) in [5.74, 6) is -2.58. The van der Waals surface area contributed by atoms with Gasteiger partial charge >= 0.3 is 12.1 Å². The van der Waals surface area contributed by atoms with Crippen molar-refractivity contribution < 1.29 is 31.5 Å². The van der Waals surface area contributed by atoms with Crippen molar-refractivity contribution in [2.45, 2.75) is 33.3 Å². The first-order valence-electron chi connectivity index (χ1n) is 9.50. The number of hydrogen-bond acceptors (Lipinski definition) is 2.